The summed E-state index contributed by atoms with van der Waals surface area (Å²) >= 11 is 0. The molecule has 104 valence electrons. The quantitative estimate of drug-likeness (QED) is 0.798. The molecule has 0 unspecified atom stereocenters. The summed E-state index contributed by atoms with van der Waals surface area (Å²) in [6, 6.07) is 13.2. The molecule has 0 fully saturated rings. The number of rotatable bonds is 3. The number of anilines is 1. The first-order chi connectivity index (χ1) is 10.2. The molecule has 1 aromatic carbocycles. The van der Waals surface area contributed by atoms with Gasteiger partial charge in [-0.1, -0.05) is 29.5 Å². The van der Waals surface area contributed by atoms with Crippen LogP contribution in [0, 0.1) is 6.92 Å². The summed E-state index contributed by atoms with van der Waals surface area (Å²) in [5, 5.41) is 10.6. The van der Waals surface area contributed by atoms with Crippen molar-refractivity contribution >= 4 is 11.7 Å². The zero-order chi connectivity index (χ0) is 14.7. The van der Waals surface area contributed by atoms with Gasteiger partial charge in [0.05, 0.1) is 11.9 Å². The maximum Gasteiger partial charge on any atom is 0.279 e. The number of aromatic nitrogens is 4. The fourth-order valence-electron chi connectivity index (χ4n) is 1.86. The van der Waals surface area contributed by atoms with Gasteiger partial charge < -0.3 is 5.32 Å². The Labute approximate surface area is 121 Å². The van der Waals surface area contributed by atoms with Crippen LogP contribution in [-0.4, -0.2) is 25.9 Å². The monoisotopic (exact) mass is 279 g/mol. The minimum absolute atomic E-state index is 0.240. The van der Waals surface area contributed by atoms with E-state index in [0.29, 0.717) is 5.82 Å². The molecule has 1 amide bonds. The summed E-state index contributed by atoms with van der Waals surface area (Å²) in [4.78, 5) is 16.3. The average Bonchev–Trinajstić information content (AvgIpc) is 3.00. The predicted molar refractivity (Wildman–Crippen MR) is 78.3 cm³/mol. The highest BCUT2D eigenvalue weighted by Crippen LogP contribution is 2.11. The van der Waals surface area contributed by atoms with Crippen molar-refractivity contribution in [3.05, 3.63) is 66.1 Å². The van der Waals surface area contributed by atoms with Crippen molar-refractivity contribution in [1.29, 1.82) is 0 Å². The Hall–Kier alpha value is -3.02. The van der Waals surface area contributed by atoms with Gasteiger partial charge in [-0.05, 0) is 30.7 Å². The van der Waals surface area contributed by atoms with E-state index in [9.17, 15) is 4.79 Å². The highest BCUT2D eigenvalue weighted by atomic mass is 16.2. The van der Waals surface area contributed by atoms with Crippen LogP contribution in [0.5, 0.6) is 0 Å². The fraction of sp³-hybridized carbons (Fsp3) is 0.0667. The molecule has 1 N–H and O–H groups in total. The minimum Gasteiger partial charge on any atom is -0.305 e. The third-order valence-electron chi connectivity index (χ3n) is 2.99. The summed E-state index contributed by atoms with van der Waals surface area (Å²) in [6.45, 7) is 1.88. The molecular formula is C15H13N5O. The molecule has 0 aliphatic heterocycles. The van der Waals surface area contributed by atoms with Gasteiger partial charge in [-0.3, -0.25) is 4.79 Å². The fourth-order valence-corrected chi connectivity index (χ4v) is 1.86. The molecule has 3 aromatic rings. The number of hydrogen-bond acceptors (Lipinski definition) is 4. The predicted octanol–water partition coefficient (Wildman–Crippen LogP) is 2.22. The number of para-hydroxylation sites is 1. The Morgan fingerprint density at radius 1 is 1.14 bits per heavy atom. The number of pyridine rings is 1. The van der Waals surface area contributed by atoms with E-state index in [4.69, 9.17) is 0 Å². The van der Waals surface area contributed by atoms with E-state index in [2.05, 4.69) is 20.6 Å². The van der Waals surface area contributed by atoms with Crippen molar-refractivity contribution in [1.82, 2.24) is 20.0 Å². The number of carbonyl (C=O) groups is 1. The highest BCUT2D eigenvalue weighted by Gasteiger charge is 2.13. The first-order valence-corrected chi connectivity index (χ1v) is 6.45. The Kier molecular flexibility index (Phi) is 3.42. The third-order valence-corrected chi connectivity index (χ3v) is 2.99. The van der Waals surface area contributed by atoms with E-state index in [1.165, 1.54) is 0 Å². The van der Waals surface area contributed by atoms with E-state index in [-0.39, 0.29) is 11.6 Å². The van der Waals surface area contributed by atoms with Gasteiger partial charge in [0.2, 0.25) is 0 Å². The van der Waals surface area contributed by atoms with Crippen LogP contribution < -0.4 is 5.32 Å². The molecule has 0 spiro atoms. The lowest BCUT2D eigenvalue weighted by Gasteiger charge is -2.04. The lowest BCUT2D eigenvalue weighted by Crippen LogP contribution is -2.14. The summed E-state index contributed by atoms with van der Waals surface area (Å²) < 4.78 is 1.56. The van der Waals surface area contributed by atoms with Crippen LogP contribution >= 0.6 is 0 Å². The van der Waals surface area contributed by atoms with Crippen molar-refractivity contribution in [2.75, 3.05) is 5.32 Å². The number of carbonyl (C=O) groups excluding carboxylic acids is 1. The lowest BCUT2D eigenvalue weighted by molar-refractivity contribution is 0.102. The van der Waals surface area contributed by atoms with Gasteiger partial charge in [0, 0.05) is 6.20 Å². The molecule has 3 rings (SSSR count). The summed E-state index contributed by atoms with van der Waals surface area (Å²) in [7, 11) is 0. The molecule has 6 nitrogen and oxygen atoms in total. The number of benzene rings is 1. The Morgan fingerprint density at radius 3 is 2.71 bits per heavy atom. The molecule has 21 heavy (non-hydrogen) atoms. The smallest absolute Gasteiger partial charge is 0.279 e. The molecule has 2 heterocycles. The van der Waals surface area contributed by atoms with Gasteiger partial charge in [0.15, 0.2) is 5.69 Å². The molecule has 0 saturated carbocycles. The number of nitrogens with one attached hydrogen (secondary N) is 1. The van der Waals surface area contributed by atoms with Gasteiger partial charge in [-0.2, -0.15) is 0 Å². The number of amides is 1. The van der Waals surface area contributed by atoms with Crippen LogP contribution in [0.15, 0.2) is 54.9 Å². The Morgan fingerprint density at radius 2 is 1.95 bits per heavy atom. The lowest BCUT2D eigenvalue weighted by atomic mass is 10.3. The zero-order valence-electron chi connectivity index (χ0n) is 11.4. The van der Waals surface area contributed by atoms with Crippen molar-refractivity contribution in [3.8, 4) is 5.69 Å². The molecule has 6 heteroatoms. The van der Waals surface area contributed by atoms with Crippen molar-refractivity contribution in [2.45, 2.75) is 6.92 Å². The van der Waals surface area contributed by atoms with Crippen molar-refractivity contribution in [3.63, 3.8) is 0 Å². The van der Waals surface area contributed by atoms with E-state index in [1.807, 2.05) is 49.4 Å². The van der Waals surface area contributed by atoms with Crippen LogP contribution in [0.3, 0.4) is 0 Å². The maximum atomic E-state index is 12.1. The van der Waals surface area contributed by atoms with Gasteiger partial charge in [0.1, 0.15) is 5.82 Å². The molecular weight excluding hydrogens is 266 g/mol. The largest absolute Gasteiger partial charge is 0.305 e. The standard InChI is InChI=1S/C15H13N5O/c1-11-6-5-9-16-14(11)17-15(21)13-10-20(19-18-13)12-7-3-2-4-8-12/h2-10H,1H3,(H,16,17,21). The van der Waals surface area contributed by atoms with Crippen LogP contribution in [0.1, 0.15) is 16.1 Å². The van der Waals surface area contributed by atoms with Crippen LogP contribution in [0.4, 0.5) is 5.82 Å². The number of nitrogens with zero attached hydrogens (tertiary/aromatic N) is 4. The second kappa shape index (κ2) is 5.54. The summed E-state index contributed by atoms with van der Waals surface area (Å²) in [6.07, 6.45) is 3.21. The molecule has 0 bridgehead atoms. The van der Waals surface area contributed by atoms with E-state index in [0.717, 1.165) is 11.3 Å². The molecule has 2 aromatic heterocycles. The third kappa shape index (κ3) is 2.79. The SMILES string of the molecule is Cc1cccnc1NC(=O)c1cn(-c2ccccc2)nn1. The molecule has 0 saturated heterocycles. The van der Waals surface area contributed by atoms with Gasteiger partial charge in [-0.25, -0.2) is 9.67 Å². The summed E-state index contributed by atoms with van der Waals surface area (Å²) in [5.74, 6) is 0.191. The molecule has 0 aliphatic carbocycles. The van der Waals surface area contributed by atoms with E-state index >= 15 is 0 Å². The van der Waals surface area contributed by atoms with Gasteiger partial charge in [0.25, 0.3) is 5.91 Å². The van der Waals surface area contributed by atoms with Crippen LogP contribution in [0.2, 0.25) is 0 Å². The first-order valence-electron chi connectivity index (χ1n) is 6.45. The van der Waals surface area contributed by atoms with Crippen molar-refractivity contribution in [2.24, 2.45) is 0 Å². The first kappa shape index (κ1) is 13.0. The Bertz CT molecular complexity index is 766. The average molecular weight is 279 g/mol. The maximum absolute atomic E-state index is 12.1. The van der Waals surface area contributed by atoms with Crippen molar-refractivity contribution < 1.29 is 4.79 Å². The number of aryl methyl sites for hydroxylation is 1. The minimum atomic E-state index is -0.334. The van der Waals surface area contributed by atoms with Crippen LogP contribution in [-0.2, 0) is 0 Å². The van der Waals surface area contributed by atoms with E-state index in [1.54, 1.807) is 17.1 Å². The topological polar surface area (TPSA) is 72.7 Å². The highest BCUT2D eigenvalue weighted by molar-refractivity contribution is 6.02. The van der Waals surface area contributed by atoms with Crippen LogP contribution in [0.25, 0.3) is 5.69 Å². The second-order valence-electron chi connectivity index (χ2n) is 4.51. The molecule has 0 radical (unpaired) electrons. The normalized spacial score (nSPS) is 10.3. The summed E-state index contributed by atoms with van der Waals surface area (Å²) in [5.41, 5.74) is 1.98. The Balaban J connectivity index is 1.80. The number of hydrogen-bond donors (Lipinski definition) is 1. The van der Waals surface area contributed by atoms with E-state index < -0.39 is 0 Å². The van der Waals surface area contributed by atoms with Gasteiger partial charge in [-0.15, -0.1) is 5.10 Å². The van der Waals surface area contributed by atoms with Gasteiger partial charge >= 0.3 is 0 Å². The molecule has 0 atom stereocenters. The molecule has 0 aliphatic rings. The zero-order valence-corrected chi connectivity index (χ0v) is 11.4. The second-order valence-corrected chi connectivity index (χ2v) is 4.51.